The maximum Gasteiger partial charge on any atom is 0.128 e. The lowest BCUT2D eigenvalue weighted by Gasteiger charge is -2.36. The number of fused-ring (bicyclic) bond motifs is 1. The van der Waals surface area contributed by atoms with Crippen molar-refractivity contribution < 1.29 is 4.39 Å². The minimum Gasteiger partial charge on any atom is -0.309 e. The van der Waals surface area contributed by atoms with Crippen molar-refractivity contribution in [1.82, 2.24) is 5.32 Å². The molecule has 0 radical (unpaired) electrons. The van der Waals surface area contributed by atoms with Gasteiger partial charge in [0.2, 0.25) is 0 Å². The summed E-state index contributed by atoms with van der Waals surface area (Å²) in [6, 6.07) is 3.20. The van der Waals surface area contributed by atoms with Crippen molar-refractivity contribution in [3.8, 4) is 0 Å². The van der Waals surface area contributed by atoms with Gasteiger partial charge in [-0.15, -0.1) is 0 Å². The molecule has 4 heteroatoms. The number of rotatable bonds is 3. The van der Waals surface area contributed by atoms with Crippen molar-refractivity contribution in [2.45, 2.75) is 37.8 Å². The highest BCUT2D eigenvalue weighted by molar-refractivity contribution is 7.99. The number of hydrogen-bond donors (Lipinski definition) is 1. The minimum absolute atomic E-state index is 0.0578. The first-order valence-corrected chi connectivity index (χ1v) is 7.80. The lowest BCUT2D eigenvalue weighted by atomic mass is 9.92. The van der Waals surface area contributed by atoms with Crippen LogP contribution in [0.4, 0.5) is 4.39 Å². The smallest absolute Gasteiger partial charge is 0.128 e. The van der Waals surface area contributed by atoms with Crippen LogP contribution in [-0.2, 0) is 5.75 Å². The normalized spacial score (nSPS) is 23.2. The fraction of sp³-hybridized carbons (Fsp3) is 0.571. The van der Waals surface area contributed by atoms with E-state index in [1.165, 1.54) is 6.07 Å². The Hall–Kier alpha value is -0.250. The molecule has 0 aromatic heterocycles. The zero-order valence-corrected chi connectivity index (χ0v) is 12.5. The van der Waals surface area contributed by atoms with E-state index >= 15 is 0 Å². The molecule has 2 unspecified atom stereocenters. The van der Waals surface area contributed by atoms with Gasteiger partial charge >= 0.3 is 0 Å². The van der Waals surface area contributed by atoms with Gasteiger partial charge in [0.1, 0.15) is 5.82 Å². The molecule has 0 saturated carbocycles. The van der Waals surface area contributed by atoms with Gasteiger partial charge in [-0.25, -0.2) is 4.39 Å². The molecule has 1 aliphatic rings. The lowest BCUT2D eigenvalue weighted by Crippen LogP contribution is -2.37. The van der Waals surface area contributed by atoms with Crippen LogP contribution in [0, 0.1) is 11.7 Å². The van der Waals surface area contributed by atoms with E-state index in [9.17, 15) is 4.39 Å². The third-order valence-corrected chi connectivity index (χ3v) is 5.40. The van der Waals surface area contributed by atoms with E-state index in [0.29, 0.717) is 16.2 Å². The van der Waals surface area contributed by atoms with E-state index in [2.05, 4.69) is 26.1 Å². The monoisotopic (exact) mass is 287 g/mol. The summed E-state index contributed by atoms with van der Waals surface area (Å²) in [5.74, 6) is 1.17. The Bertz CT molecular complexity index is 436. The van der Waals surface area contributed by atoms with Crippen molar-refractivity contribution in [3.05, 3.63) is 34.1 Å². The highest BCUT2D eigenvalue weighted by Gasteiger charge is 2.34. The van der Waals surface area contributed by atoms with Gasteiger partial charge in [0.15, 0.2) is 0 Å². The first-order chi connectivity index (χ1) is 8.56. The topological polar surface area (TPSA) is 12.0 Å². The second kappa shape index (κ2) is 5.81. The average molecular weight is 288 g/mol. The zero-order chi connectivity index (χ0) is 13.3. The van der Waals surface area contributed by atoms with Gasteiger partial charge in [0, 0.05) is 27.6 Å². The van der Waals surface area contributed by atoms with Crippen LogP contribution in [0.5, 0.6) is 0 Å². The average Bonchev–Trinajstić information content (AvgIpc) is 2.34. The standard InChI is InChI=1S/C14H19ClFNS/c1-4-17-13-12-9(7-18-14(13)8(2)3)10(15)5-6-11(12)16/h5-6,8,13-14,17H,4,7H2,1-3H3. The van der Waals surface area contributed by atoms with Crippen molar-refractivity contribution in [1.29, 1.82) is 0 Å². The van der Waals surface area contributed by atoms with Gasteiger partial charge in [0.25, 0.3) is 0 Å². The van der Waals surface area contributed by atoms with Crippen molar-refractivity contribution in [3.63, 3.8) is 0 Å². The molecule has 2 atom stereocenters. The molecule has 1 heterocycles. The van der Waals surface area contributed by atoms with Crippen LogP contribution >= 0.6 is 23.4 Å². The van der Waals surface area contributed by atoms with Crippen molar-refractivity contribution in [2.24, 2.45) is 5.92 Å². The predicted molar refractivity (Wildman–Crippen MR) is 77.7 cm³/mol. The van der Waals surface area contributed by atoms with Crippen molar-refractivity contribution in [2.75, 3.05) is 6.54 Å². The number of nitrogens with one attached hydrogen (secondary N) is 1. The third kappa shape index (κ3) is 2.54. The molecule has 0 amide bonds. The van der Waals surface area contributed by atoms with Crippen molar-refractivity contribution >= 4 is 23.4 Å². The highest BCUT2D eigenvalue weighted by atomic mass is 35.5. The summed E-state index contributed by atoms with van der Waals surface area (Å²) in [6.45, 7) is 7.27. The SMILES string of the molecule is CCNC1c2c(F)ccc(Cl)c2CSC1C(C)C. The molecule has 0 aliphatic carbocycles. The van der Waals surface area contributed by atoms with Gasteiger partial charge in [0.05, 0.1) is 0 Å². The van der Waals surface area contributed by atoms with E-state index in [-0.39, 0.29) is 11.9 Å². The van der Waals surface area contributed by atoms with Gasteiger partial charge in [-0.2, -0.15) is 11.8 Å². The molecule has 0 fully saturated rings. The molecule has 1 aromatic carbocycles. The second-order valence-electron chi connectivity index (χ2n) is 4.98. The molecular weight excluding hydrogens is 269 g/mol. The fourth-order valence-electron chi connectivity index (χ4n) is 2.55. The molecule has 1 aromatic rings. The Morgan fingerprint density at radius 1 is 1.50 bits per heavy atom. The lowest BCUT2D eigenvalue weighted by molar-refractivity contribution is 0.430. The Kier molecular flexibility index (Phi) is 4.57. The van der Waals surface area contributed by atoms with E-state index in [0.717, 1.165) is 23.4 Å². The van der Waals surface area contributed by atoms with Gasteiger partial charge in [-0.3, -0.25) is 0 Å². The molecule has 1 nitrogen and oxygen atoms in total. The van der Waals surface area contributed by atoms with E-state index in [1.54, 1.807) is 6.07 Å². The van der Waals surface area contributed by atoms with Gasteiger partial charge in [-0.1, -0.05) is 32.4 Å². The van der Waals surface area contributed by atoms with Gasteiger partial charge < -0.3 is 5.32 Å². The Morgan fingerprint density at radius 3 is 2.83 bits per heavy atom. The summed E-state index contributed by atoms with van der Waals surface area (Å²) in [6.07, 6.45) is 0. The number of benzene rings is 1. The summed E-state index contributed by atoms with van der Waals surface area (Å²) in [4.78, 5) is 0. The molecule has 0 bridgehead atoms. The molecule has 0 saturated heterocycles. The highest BCUT2D eigenvalue weighted by Crippen LogP contribution is 2.44. The van der Waals surface area contributed by atoms with E-state index < -0.39 is 0 Å². The van der Waals surface area contributed by atoms with E-state index in [4.69, 9.17) is 11.6 Å². The molecule has 1 N–H and O–H groups in total. The summed E-state index contributed by atoms with van der Waals surface area (Å²) in [7, 11) is 0. The molecule has 18 heavy (non-hydrogen) atoms. The number of halogens is 2. The maximum absolute atomic E-state index is 14.2. The number of hydrogen-bond acceptors (Lipinski definition) is 2. The largest absolute Gasteiger partial charge is 0.309 e. The Morgan fingerprint density at radius 2 is 2.22 bits per heavy atom. The van der Waals surface area contributed by atoms with Crippen LogP contribution in [0.1, 0.15) is 37.9 Å². The second-order valence-corrected chi connectivity index (χ2v) is 6.55. The summed E-state index contributed by atoms with van der Waals surface area (Å²) < 4.78 is 14.2. The summed E-state index contributed by atoms with van der Waals surface area (Å²) in [5, 5.41) is 4.50. The minimum atomic E-state index is -0.133. The van der Waals surface area contributed by atoms with Crippen LogP contribution < -0.4 is 5.32 Å². The molecule has 100 valence electrons. The Balaban J connectivity index is 2.48. The Labute approximate surface area is 117 Å². The zero-order valence-electron chi connectivity index (χ0n) is 11.0. The van der Waals surface area contributed by atoms with Crippen LogP contribution in [0.25, 0.3) is 0 Å². The van der Waals surface area contributed by atoms with Crippen LogP contribution in [-0.4, -0.2) is 11.8 Å². The summed E-state index contributed by atoms with van der Waals surface area (Å²) in [5.41, 5.74) is 1.74. The van der Waals surface area contributed by atoms with Gasteiger partial charge in [-0.05, 0) is 30.2 Å². The van der Waals surface area contributed by atoms with E-state index in [1.807, 2.05) is 11.8 Å². The van der Waals surface area contributed by atoms with Crippen LogP contribution in [0.15, 0.2) is 12.1 Å². The molecular formula is C14H19ClFNS. The first-order valence-electron chi connectivity index (χ1n) is 6.38. The van der Waals surface area contributed by atoms with Crippen LogP contribution in [0.2, 0.25) is 5.02 Å². The number of thioether (sulfide) groups is 1. The molecule has 1 aliphatic heterocycles. The summed E-state index contributed by atoms with van der Waals surface area (Å²) >= 11 is 8.07. The molecule has 2 rings (SSSR count). The quantitative estimate of drug-likeness (QED) is 0.884. The third-order valence-electron chi connectivity index (χ3n) is 3.39. The predicted octanol–water partition coefficient (Wildman–Crippen LogP) is 4.40. The maximum atomic E-state index is 14.2. The first kappa shape index (κ1) is 14.2. The molecule has 0 spiro atoms. The fourth-order valence-corrected chi connectivity index (χ4v) is 4.34. The van der Waals surface area contributed by atoms with Crippen LogP contribution in [0.3, 0.4) is 0 Å².